The number of Topliss-reactive ketones (excluding diaryl/α,β-unsaturated/α-hetero) is 1. The zero-order valence-corrected chi connectivity index (χ0v) is 16.5. The van der Waals surface area contributed by atoms with E-state index in [1.54, 1.807) is 24.3 Å². The summed E-state index contributed by atoms with van der Waals surface area (Å²) in [7, 11) is 0. The summed E-state index contributed by atoms with van der Waals surface area (Å²) in [4.78, 5) is 41.2. The molecule has 0 radical (unpaired) electrons. The first kappa shape index (κ1) is 19.2. The van der Waals surface area contributed by atoms with Gasteiger partial charge in [0, 0.05) is 11.3 Å². The van der Waals surface area contributed by atoms with E-state index in [0.717, 1.165) is 15.4 Å². The molecular formula is C24H19NO3S. The van der Waals surface area contributed by atoms with Gasteiger partial charge in [0.1, 0.15) is 6.04 Å². The molecule has 0 aliphatic carbocycles. The molecule has 29 heavy (non-hydrogen) atoms. The molecule has 1 aliphatic heterocycles. The normalized spacial score (nSPS) is 14.0. The molecule has 1 heterocycles. The number of imide groups is 1. The minimum absolute atomic E-state index is 0.141. The van der Waals surface area contributed by atoms with Gasteiger partial charge in [-0.3, -0.25) is 19.3 Å². The van der Waals surface area contributed by atoms with Gasteiger partial charge in [-0.2, -0.15) is 0 Å². The zero-order valence-electron chi connectivity index (χ0n) is 15.7. The SMILES string of the molecule is O=C(CSc1ccccc1)[C@H](Cc1ccccc1)N1C(=O)c2ccccc2C1=O. The van der Waals surface area contributed by atoms with Crippen molar-refractivity contribution in [1.29, 1.82) is 0 Å². The summed E-state index contributed by atoms with van der Waals surface area (Å²) in [5.41, 5.74) is 1.63. The molecule has 0 aromatic heterocycles. The first-order valence-corrected chi connectivity index (χ1v) is 10.3. The Labute approximate surface area is 173 Å². The van der Waals surface area contributed by atoms with Crippen LogP contribution in [0.1, 0.15) is 26.3 Å². The number of fused-ring (bicyclic) bond motifs is 1. The van der Waals surface area contributed by atoms with Crippen molar-refractivity contribution in [3.8, 4) is 0 Å². The van der Waals surface area contributed by atoms with E-state index in [2.05, 4.69) is 0 Å². The largest absolute Gasteiger partial charge is 0.296 e. The topological polar surface area (TPSA) is 54.5 Å². The lowest BCUT2D eigenvalue weighted by Gasteiger charge is -2.25. The van der Waals surface area contributed by atoms with Gasteiger partial charge in [0.25, 0.3) is 11.8 Å². The highest BCUT2D eigenvalue weighted by Gasteiger charge is 2.42. The van der Waals surface area contributed by atoms with Crippen molar-refractivity contribution < 1.29 is 14.4 Å². The Bertz CT molecular complexity index is 1010. The highest BCUT2D eigenvalue weighted by atomic mass is 32.2. The summed E-state index contributed by atoms with van der Waals surface area (Å²) < 4.78 is 0. The summed E-state index contributed by atoms with van der Waals surface area (Å²) in [5, 5.41) is 0. The van der Waals surface area contributed by atoms with E-state index in [0.29, 0.717) is 17.5 Å². The van der Waals surface area contributed by atoms with E-state index in [-0.39, 0.29) is 11.5 Å². The van der Waals surface area contributed by atoms with Gasteiger partial charge in [0.05, 0.1) is 16.9 Å². The van der Waals surface area contributed by atoms with Crippen LogP contribution in [0.15, 0.2) is 89.8 Å². The predicted octanol–water partition coefficient (Wildman–Crippen LogP) is 4.26. The number of hydrogen-bond acceptors (Lipinski definition) is 4. The van der Waals surface area contributed by atoms with E-state index < -0.39 is 17.9 Å². The van der Waals surface area contributed by atoms with Crippen molar-refractivity contribution in [2.45, 2.75) is 17.4 Å². The minimum Gasteiger partial charge on any atom is -0.296 e. The third-order valence-corrected chi connectivity index (χ3v) is 5.94. The van der Waals surface area contributed by atoms with Crippen molar-refractivity contribution >= 4 is 29.4 Å². The smallest absolute Gasteiger partial charge is 0.262 e. The summed E-state index contributed by atoms with van der Waals surface area (Å²) >= 11 is 1.41. The second-order valence-electron chi connectivity index (χ2n) is 6.80. The van der Waals surface area contributed by atoms with Crippen molar-refractivity contribution in [2.75, 3.05) is 5.75 Å². The summed E-state index contributed by atoms with van der Waals surface area (Å²) in [6.45, 7) is 0. The van der Waals surface area contributed by atoms with Crippen LogP contribution in [-0.4, -0.2) is 34.3 Å². The number of thioether (sulfide) groups is 1. The molecule has 3 aromatic carbocycles. The first-order valence-electron chi connectivity index (χ1n) is 9.36. The summed E-state index contributed by atoms with van der Waals surface area (Å²) in [6, 6.07) is 25.0. The minimum atomic E-state index is -0.832. The molecule has 4 rings (SSSR count). The standard InChI is InChI=1S/C24H19NO3S/c26-22(16-29-18-11-5-2-6-12-18)21(15-17-9-3-1-4-10-17)25-23(27)19-13-7-8-14-20(19)24(25)28/h1-14,21H,15-16H2/t21-/m0/s1. The molecule has 0 saturated carbocycles. The molecule has 2 amide bonds. The van der Waals surface area contributed by atoms with Crippen molar-refractivity contribution in [1.82, 2.24) is 4.90 Å². The van der Waals surface area contributed by atoms with Gasteiger partial charge < -0.3 is 0 Å². The maximum absolute atomic E-state index is 13.2. The molecular weight excluding hydrogens is 382 g/mol. The molecule has 0 spiro atoms. The molecule has 0 N–H and O–H groups in total. The predicted molar refractivity (Wildman–Crippen MR) is 113 cm³/mol. The Morgan fingerprint density at radius 1 is 0.759 bits per heavy atom. The Morgan fingerprint density at radius 3 is 1.86 bits per heavy atom. The lowest BCUT2D eigenvalue weighted by atomic mass is 10.0. The average molecular weight is 401 g/mol. The molecule has 0 saturated heterocycles. The fourth-order valence-electron chi connectivity index (χ4n) is 3.44. The number of carbonyl (C=O) groups excluding carboxylic acids is 3. The van der Waals surface area contributed by atoms with E-state index in [4.69, 9.17) is 0 Å². The average Bonchev–Trinajstić information content (AvgIpc) is 3.02. The van der Waals surface area contributed by atoms with Crippen molar-refractivity contribution in [3.63, 3.8) is 0 Å². The highest BCUT2D eigenvalue weighted by Crippen LogP contribution is 2.27. The van der Waals surface area contributed by atoms with Crippen molar-refractivity contribution in [3.05, 3.63) is 102 Å². The van der Waals surface area contributed by atoms with Crippen LogP contribution in [0.5, 0.6) is 0 Å². The monoisotopic (exact) mass is 401 g/mol. The molecule has 0 fully saturated rings. The van der Waals surface area contributed by atoms with Crippen LogP contribution in [-0.2, 0) is 11.2 Å². The van der Waals surface area contributed by atoms with E-state index >= 15 is 0 Å². The maximum Gasteiger partial charge on any atom is 0.262 e. The first-order chi connectivity index (χ1) is 14.1. The van der Waals surface area contributed by atoms with Crippen LogP contribution in [0.4, 0.5) is 0 Å². The van der Waals surface area contributed by atoms with Crippen LogP contribution in [0, 0.1) is 0 Å². The van der Waals surface area contributed by atoms with Crippen LogP contribution in [0.25, 0.3) is 0 Å². The number of benzene rings is 3. The van der Waals surface area contributed by atoms with Gasteiger partial charge in [-0.1, -0.05) is 60.7 Å². The number of ketones is 1. The Balaban J connectivity index is 1.61. The molecule has 1 aliphatic rings. The Hall–Kier alpha value is -3.18. The Morgan fingerprint density at radius 2 is 1.28 bits per heavy atom. The van der Waals surface area contributed by atoms with Gasteiger partial charge in [-0.25, -0.2) is 0 Å². The molecule has 4 nitrogen and oxygen atoms in total. The fourth-order valence-corrected chi connectivity index (χ4v) is 4.30. The quantitative estimate of drug-likeness (QED) is 0.439. The molecule has 1 atom stereocenters. The van der Waals surface area contributed by atoms with Crippen LogP contribution < -0.4 is 0 Å². The van der Waals surface area contributed by atoms with Gasteiger partial charge >= 0.3 is 0 Å². The lowest BCUT2D eigenvalue weighted by molar-refractivity contribution is -0.120. The third-order valence-electron chi connectivity index (χ3n) is 4.90. The van der Waals surface area contributed by atoms with Gasteiger partial charge in [0.15, 0.2) is 5.78 Å². The van der Waals surface area contributed by atoms with Crippen molar-refractivity contribution in [2.24, 2.45) is 0 Å². The zero-order chi connectivity index (χ0) is 20.2. The highest BCUT2D eigenvalue weighted by molar-refractivity contribution is 8.00. The summed E-state index contributed by atoms with van der Waals surface area (Å²) in [5.74, 6) is -0.749. The molecule has 3 aromatic rings. The maximum atomic E-state index is 13.2. The fraction of sp³-hybridized carbons (Fsp3) is 0.125. The van der Waals surface area contributed by atoms with Gasteiger partial charge in [0.2, 0.25) is 0 Å². The van der Waals surface area contributed by atoms with Gasteiger partial charge in [-0.05, 0) is 29.8 Å². The van der Waals surface area contributed by atoms with E-state index in [1.165, 1.54) is 11.8 Å². The van der Waals surface area contributed by atoms with E-state index in [9.17, 15) is 14.4 Å². The van der Waals surface area contributed by atoms with Crippen LogP contribution >= 0.6 is 11.8 Å². The third kappa shape index (κ3) is 4.00. The number of rotatable bonds is 7. The second kappa shape index (κ2) is 8.45. The molecule has 5 heteroatoms. The second-order valence-corrected chi connectivity index (χ2v) is 7.85. The number of amides is 2. The number of carbonyl (C=O) groups is 3. The van der Waals surface area contributed by atoms with Gasteiger partial charge in [-0.15, -0.1) is 11.8 Å². The summed E-state index contributed by atoms with van der Waals surface area (Å²) in [6.07, 6.45) is 0.306. The Kier molecular flexibility index (Phi) is 5.58. The molecule has 0 bridgehead atoms. The number of hydrogen-bond donors (Lipinski definition) is 0. The van der Waals surface area contributed by atoms with E-state index in [1.807, 2.05) is 60.7 Å². The lowest BCUT2D eigenvalue weighted by Crippen LogP contribution is -2.47. The molecule has 144 valence electrons. The molecule has 0 unspecified atom stereocenters. The van der Waals surface area contributed by atoms with Crippen LogP contribution in [0.2, 0.25) is 0 Å². The number of nitrogens with zero attached hydrogens (tertiary/aromatic N) is 1. The van der Waals surface area contributed by atoms with Crippen LogP contribution in [0.3, 0.4) is 0 Å².